The number of benzene rings is 4. The summed E-state index contributed by atoms with van der Waals surface area (Å²) in [6.45, 7) is 6.94. The van der Waals surface area contributed by atoms with Crippen LogP contribution in [-0.4, -0.2) is 86.5 Å². The summed E-state index contributed by atoms with van der Waals surface area (Å²) in [5.74, 6) is -0.827. The van der Waals surface area contributed by atoms with E-state index in [2.05, 4.69) is 16.2 Å². The monoisotopic (exact) mass is 749 g/mol. The van der Waals surface area contributed by atoms with Gasteiger partial charge in [0.1, 0.15) is 0 Å². The van der Waals surface area contributed by atoms with Crippen LogP contribution in [0.2, 0.25) is 0 Å². The molecule has 1 aliphatic heterocycles. The van der Waals surface area contributed by atoms with Gasteiger partial charge in [-0.25, -0.2) is 26.4 Å². The Hall–Kier alpha value is -5.02. The predicted octanol–water partition coefficient (Wildman–Crippen LogP) is 5.09. The van der Waals surface area contributed by atoms with Crippen LogP contribution < -0.4 is 8.61 Å². The Morgan fingerprint density at radius 3 is 1.54 bits per heavy atom. The Bertz CT molecular complexity index is 1970. The first kappa shape index (κ1) is 39.8. The number of esters is 2. The first-order chi connectivity index (χ1) is 25.0. The lowest BCUT2D eigenvalue weighted by atomic mass is 10.1. The number of carbonyl (C=O) groups is 2. The van der Waals surface area contributed by atoms with Crippen LogP contribution in [0.5, 0.6) is 0 Å². The van der Waals surface area contributed by atoms with Crippen LogP contribution >= 0.6 is 0 Å². The number of carbonyl (C=O) groups excluding carboxylic acids is 2. The second-order valence-corrected chi connectivity index (χ2v) is 15.4. The second kappa shape index (κ2) is 19.0. The van der Waals surface area contributed by atoms with E-state index in [1.807, 2.05) is 24.3 Å². The summed E-state index contributed by atoms with van der Waals surface area (Å²) in [5.41, 5.74) is 3.53. The number of anilines is 2. The average Bonchev–Trinajstić information content (AvgIpc) is 3.19. The van der Waals surface area contributed by atoms with E-state index in [9.17, 15) is 26.4 Å². The van der Waals surface area contributed by atoms with Gasteiger partial charge in [-0.2, -0.15) is 0 Å². The molecule has 0 unspecified atom stereocenters. The highest BCUT2D eigenvalue weighted by Gasteiger charge is 2.25. The molecule has 1 fully saturated rings. The molecule has 276 valence electrons. The molecule has 0 aliphatic carbocycles. The molecular weight excluding hydrogens is 707 g/mol. The molecule has 52 heavy (non-hydrogen) atoms. The van der Waals surface area contributed by atoms with Crippen LogP contribution in [0.15, 0.2) is 121 Å². The Kier molecular flexibility index (Phi) is 14.5. The number of morpholine rings is 1. The largest absolute Gasteiger partial charge is 0.465 e. The van der Waals surface area contributed by atoms with Crippen molar-refractivity contribution >= 4 is 43.4 Å². The summed E-state index contributed by atoms with van der Waals surface area (Å²) < 4.78 is 68.3. The van der Waals surface area contributed by atoms with Crippen LogP contribution in [0.3, 0.4) is 0 Å². The van der Waals surface area contributed by atoms with Gasteiger partial charge in [-0.05, 0) is 59.7 Å². The molecule has 4 aromatic carbocycles. The lowest BCUT2D eigenvalue weighted by Gasteiger charge is -2.29. The van der Waals surface area contributed by atoms with Gasteiger partial charge in [0, 0.05) is 25.0 Å². The molecule has 1 aliphatic rings. The maximum absolute atomic E-state index is 13.2. The normalized spacial score (nSPS) is 13.2. The average molecular weight is 750 g/mol. The van der Waals surface area contributed by atoms with Crippen LogP contribution in [0.25, 0.3) is 0 Å². The number of ether oxygens (including phenoxy) is 3. The number of rotatable bonds is 14. The molecule has 1 heterocycles. The molecule has 0 amide bonds. The fourth-order valence-corrected chi connectivity index (χ4v) is 7.62. The predicted molar refractivity (Wildman–Crippen MR) is 201 cm³/mol. The third kappa shape index (κ3) is 11.2. The number of sulfonamides is 2. The number of para-hydroxylation sites is 2. The van der Waals surface area contributed by atoms with Gasteiger partial charge in [0.2, 0.25) is 10.0 Å². The van der Waals surface area contributed by atoms with Crippen molar-refractivity contribution in [2.24, 2.45) is 0 Å². The molecule has 0 bridgehead atoms. The van der Waals surface area contributed by atoms with Crippen LogP contribution in [0.1, 0.15) is 31.8 Å². The van der Waals surface area contributed by atoms with Crippen molar-refractivity contribution in [3.05, 3.63) is 143 Å². The van der Waals surface area contributed by atoms with Crippen molar-refractivity contribution in [2.45, 2.75) is 13.1 Å². The standard InChI is InChI=1S/C21H26N2O5S.C17H17NO4S/c1-27-21(24)19-9-7-18(8-10-19)17-23(20-5-3-2-4-6-20)29(25,26)16-13-22-11-14-28-15-12-22;1-3-23(20,21)18(16-7-5-4-6-8-16)13-14-9-11-15(12-10-14)17(19)22-2/h2-10H,11-17H2,1H3;3-12H,1,13H2,2H3. The molecular formula is C38H43N3O9S2. The van der Waals surface area contributed by atoms with E-state index in [0.29, 0.717) is 42.3 Å². The highest BCUT2D eigenvalue weighted by atomic mass is 32.2. The smallest absolute Gasteiger partial charge is 0.337 e. The number of hydrogen-bond acceptors (Lipinski definition) is 10. The molecule has 0 atom stereocenters. The van der Waals surface area contributed by atoms with Crippen molar-refractivity contribution in [3.63, 3.8) is 0 Å². The first-order valence-corrected chi connectivity index (χ1v) is 19.5. The van der Waals surface area contributed by atoms with Gasteiger partial charge in [-0.1, -0.05) is 67.2 Å². The molecule has 0 aromatic heterocycles. The summed E-state index contributed by atoms with van der Waals surface area (Å²) >= 11 is 0. The Labute approximate surface area is 305 Å². The zero-order valence-corrected chi connectivity index (χ0v) is 30.8. The van der Waals surface area contributed by atoms with Crippen LogP contribution in [0, 0.1) is 0 Å². The maximum atomic E-state index is 13.2. The van der Waals surface area contributed by atoms with Gasteiger partial charge in [-0.3, -0.25) is 13.5 Å². The Morgan fingerprint density at radius 2 is 1.12 bits per heavy atom. The van der Waals surface area contributed by atoms with Gasteiger partial charge >= 0.3 is 11.9 Å². The summed E-state index contributed by atoms with van der Waals surface area (Å²) in [7, 11) is -4.54. The zero-order chi connectivity index (χ0) is 37.6. The van der Waals surface area contributed by atoms with E-state index in [1.54, 1.807) is 84.9 Å². The van der Waals surface area contributed by atoms with E-state index < -0.39 is 32.0 Å². The van der Waals surface area contributed by atoms with Gasteiger partial charge in [0.05, 0.1) is 68.8 Å². The first-order valence-electron chi connectivity index (χ1n) is 16.4. The Balaban J connectivity index is 0.000000239. The van der Waals surface area contributed by atoms with E-state index in [4.69, 9.17) is 9.47 Å². The van der Waals surface area contributed by atoms with Crippen molar-refractivity contribution in [1.82, 2.24) is 4.90 Å². The molecule has 5 rings (SSSR count). The van der Waals surface area contributed by atoms with E-state index in [1.165, 1.54) is 22.8 Å². The second-order valence-electron chi connectivity index (χ2n) is 11.5. The van der Waals surface area contributed by atoms with E-state index >= 15 is 0 Å². The number of methoxy groups -OCH3 is 2. The third-order valence-electron chi connectivity index (χ3n) is 8.11. The zero-order valence-electron chi connectivity index (χ0n) is 29.2. The van der Waals surface area contributed by atoms with E-state index in [0.717, 1.165) is 29.6 Å². The molecule has 0 N–H and O–H groups in total. The fraction of sp³-hybridized carbons (Fsp3) is 0.263. The molecule has 1 saturated heterocycles. The van der Waals surface area contributed by atoms with E-state index in [-0.39, 0.29) is 18.8 Å². The minimum absolute atomic E-state index is 0.0299. The summed E-state index contributed by atoms with van der Waals surface area (Å²) in [6.07, 6.45) is 0. The minimum Gasteiger partial charge on any atom is -0.465 e. The third-order valence-corrected chi connectivity index (χ3v) is 11.2. The lowest BCUT2D eigenvalue weighted by Crippen LogP contribution is -2.42. The van der Waals surface area contributed by atoms with Crippen molar-refractivity contribution in [3.8, 4) is 0 Å². The summed E-state index contributed by atoms with van der Waals surface area (Å²) in [6, 6.07) is 31.2. The Morgan fingerprint density at radius 1 is 0.692 bits per heavy atom. The maximum Gasteiger partial charge on any atom is 0.337 e. The minimum atomic E-state index is -3.64. The summed E-state index contributed by atoms with van der Waals surface area (Å²) in [5, 5.41) is 0.919. The summed E-state index contributed by atoms with van der Waals surface area (Å²) in [4.78, 5) is 25.2. The molecule has 4 aromatic rings. The quantitative estimate of drug-likeness (QED) is 0.160. The molecule has 14 heteroatoms. The molecule has 0 radical (unpaired) electrons. The lowest BCUT2D eigenvalue weighted by molar-refractivity contribution is 0.0408. The van der Waals surface area contributed by atoms with Gasteiger partial charge in [0.25, 0.3) is 10.0 Å². The SMILES string of the molecule is C=CS(=O)(=O)N(Cc1ccc(C(=O)OC)cc1)c1ccccc1.COC(=O)c1ccc(CN(c2ccccc2)S(=O)(=O)CCN2CCOCC2)cc1. The van der Waals surface area contributed by atoms with Gasteiger partial charge in [0.15, 0.2) is 0 Å². The van der Waals surface area contributed by atoms with Crippen molar-refractivity contribution in [1.29, 1.82) is 0 Å². The number of hydrogen-bond donors (Lipinski definition) is 0. The van der Waals surface area contributed by atoms with Crippen molar-refractivity contribution in [2.75, 3.05) is 61.4 Å². The molecule has 0 saturated carbocycles. The fourth-order valence-electron chi connectivity index (χ4n) is 5.20. The van der Waals surface area contributed by atoms with Gasteiger partial charge in [-0.15, -0.1) is 0 Å². The van der Waals surface area contributed by atoms with Gasteiger partial charge < -0.3 is 14.2 Å². The molecule has 12 nitrogen and oxygen atoms in total. The highest BCUT2D eigenvalue weighted by Crippen LogP contribution is 2.23. The van der Waals surface area contributed by atoms with Crippen LogP contribution in [0.4, 0.5) is 11.4 Å². The van der Waals surface area contributed by atoms with Crippen molar-refractivity contribution < 1.29 is 40.6 Å². The topological polar surface area (TPSA) is 140 Å². The van der Waals surface area contributed by atoms with Crippen LogP contribution in [-0.2, 0) is 47.3 Å². The number of nitrogens with zero attached hydrogens (tertiary/aromatic N) is 3. The highest BCUT2D eigenvalue weighted by molar-refractivity contribution is 7.95. The molecule has 0 spiro atoms.